The lowest BCUT2D eigenvalue weighted by molar-refractivity contribution is -0.139. The Balaban J connectivity index is 2.74. The molecule has 0 saturated heterocycles. The Bertz CT molecular complexity index is 516. The van der Waals surface area contributed by atoms with E-state index in [-0.39, 0.29) is 13.0 Å². The average Bonchev–Trinajstić information content (AvgIpc) is 2.36. The third-order valence-corrected chi connectivity index (χ3v) is 4.19. The highest BCUT2D eigenvalue weighted by atomic mass is 32.2. The van der Waals surface area contributed by atoms with E-state index in [1.165, 1.54) is 7.05 Å². The molecular weight excluding hydrogens is 268 g/mol. The Labute approximate surface area is 113 Å². The zero-order valence-corrected chi connectivity index (χ0v) is 11.7. The van der Waals surface area contributed by atoms with Gasteiger partial charge in [-0.15, -0.1) is 0 Å². The lowest BCUT2D eigenvalue weighted by Gasteiger charge is -2.20. The maximum absolute atomic E-state index is 12.0. The summed E-state index contributed by atoms with van der Waals surface area (Å²) in [5.41, 5.74) is 0.832. The molecule has 0 amide bonds. The quantitative estimate of drug-likeness (QED) is 0.777. The van der Waals surface area contributed by atoms with E-state index in [1.807, 2.05) is 18.2 Å². The first-order valence-corrected chi connectivity index (χ1v) is 7.31. The third kappa shape index (κ3) is 4.62. The molecule has 2 N–H and O–H groups in total. The third-order valence-electron chi connectivity index (χ3n) is 2.66. The number of carboxylic acids is 1. The molecule has 1 rings (SSSR count). The Morgan fingerprint density at radius 3 is 2.42 bits per heavy atom. The summed E-state index contributed by atoms with van der Waals surface area (Å²) in [6.07, 6.45) is 0.188. The number of carbonyl (C=O) groups is 1. The van der Waals surface area contributed by atoms with Gasteiger partial charge < -0.3 is 5.11 Å². The molecule has 0 spiro atoms. The molecule has 106 valence electrons. The van der Waals surface area contributed by atoms with Gasteiger partial charge >= 0.3 is 5.97 Å². The van der Waals surface area contributed by atoms with Crippen LogP contribution >= 0.6 is 0 Å². The van der Waals surface area contributed by atoms with Crippen LogP contribution in [0.1, 0.15) is 18.9 Å². The van der Waals surface area contributed by atoms with Gasteiger partial charge in [0.05, 0.1) is 0 Å². The van der Waals surface area contributed by atoms with Gasteiger partial charge in [0, 0.05) is 13.6 Å². The summed E-state index contributed by atoms with van der Waals surface area (Å²) in [7, 11) is -2.41. The van der Waals surface area contributed by atoms with Gasteiger partial charge in [-0.25, -0.2) is 0 Å². The highest BCUT2D eigenvalue weighted by Crippen LogP contribution is 2.07. The number of carboxylic acid groups (broad SMARTS) is 1. The highest BCUT2D eigenvalue weighted by Gasteiger charge is 2.25. The molecule has 0 unspecified atom stereocenters. The molecule has 0 aliphatic carbocycles. The van der Waals surface area contributed by atoms with Crippen molar-refractivity contribution in [3.63, 3.8) is 0 Å². The van der Waals surface area contributed by atoms with Crippen LogP contribution in [-0.2, 0) is 21.5 Å². The molecule has 0 bridgehead atoms. The van der Waals surface area contributed by atoms with E-state index in [4.69, 9.17) is 5.11 Å². The zero-order valence-electron chi connectivity index (χ0n) is 10.9. The summed E-state index contributed by atoms with van der Waals surface area (Å²) in [5, 5.41) is 8.86. The van der Waals surface area contributed by atoms with E-state index in [0.717, 1.165) is 9.87 Å². The largest absolute Gasteiger partial charge is 0.480 e. The normalized spacial score (nSPS) is 13.4. The van der Waals surface area contributed by atoms with Crippen LogP contribution in [0.3, 0.4) is 0 Å². The van der Waals surface area contributed by atoms with Crippen molar-refractivity contribution in [1.29, 1.82) is 0 Å². The van der Waals surface area contributed by atoms with Crippen molar-refractivity contribution in [2.24, 2.45) is 0 Å². The molecule has 7 heteroatoms. The monoisotopic (exact) mass is 286 g/mol. The minimum Gasteiger partial charge on any atom is -0.480 e. The average molecular weight is 286 g/mol. The van der Waals surface area contributed by atoms with Gasteiger partial charge in [0.25, 0.3) is 10.2 Å². The molecule has 6 nitrogen and oxygen atoms in total. The Morgan fingerprint density at radius 1 is 1.37 bits per heavy atom. The van der Waals surface area contributed by atoms with Crippen LogP contribution in [-0.4, -0.2) is 36.9 Å². The van der Waals surface area contributed by atoms with Gasteiger partial charge in [-0.3, -0.25) is 4.79 Å². The number of hydrogen-bond donors (Lipinski definition) is 2. The van der Waals surface area contributed by atoms with E-state index in [9.17, 15) is 13.2 Å². The highest BCUT2D eigenvalue weighted by molar-refractivity contribution is 7.87. The molecule has 19 heavy (non-hydrogen) atoms. The molecule has 0 heterocycles. The molecule has 1 aromatic rings. The van der Waals surface area contributed by atoms with Crippen LogP contribution in [0.5, 0.6) is 0 Å². The lowest BCUT2D eigenvalue weighted by Crippen LogP contribution is -2.46. The number of hydrogen-bond acceptors (Lipinski definition) is 3. The second kappa shape index (κ2) is 6.65. The van der Waals surface area contributed by atoms with Crippen molar-refractivity contribution in [2.75, 3.05) is 7.05 Å². The van der Waals surface area contributed by atoms with Crippen molar-refractivity contribution in [3.05, 3.63) is 35.9 Å². The molecule has 0 saturated carbocycles. The molecule has 0 aromatic heterocycles. The maximum atomic E-state index is 12.0. The number of rotatable bonds is 7. The van der Waals surface area contributed by atoms with E-state index >= 15 is 0 Å². The summed E-state index contributed by atoms with van der Waals surface area (Å²) in [4.78, 5) is 10.8. The van der Waals surface area contributed by atoms with Crippen LogP contribution < -0.4 is 4.72 Å². The minimum absolute atomic E-state index is 0.187. The topological polar surface area (TPSA) is 86.7 Å². The standard InChI is InChI=1S/C12H18N2O4S/c1-3-11(12(15)16)13-19(17,18)14(2)9-10-7-5-4-6-8-10/h4-8,11,13H,3,9H2,1-2H3,(H,15,16)/t11-/m0/s1. The second-order valence-corrected chi connectivity index (χ2v) is 5.97. The summed E-state index contributed by atoms with van der Waals surface area (Å²) in [6.45, 7) is 1.80. The Hall–Kier alpha value is -1.44. The smallest absolute Gasteiger partial charge is 0.321 e. The first-order valence-electron chi connectivity index (χ1n) is 5.87. The first kappa shape index (κ1) is 15.6. The van der Waals surface area contributed by atoms with Crippen LogP contribution in [0, 0.1) is 0 Å². The van der Waals surface area contributed by atoms with Crippen molar-refractivity contribution in [2.45, 2.75) is 25.9 Å². The Morgan fingerprint density at radius 2 is 1.95 bits per heavy atom. The van der Waals surface area contributed by atoms with Gasteiger partial charge in [-0.1, -0.05) is 37.3 Å². The van der Waals surface area contributed by atoms with E-state index < -0.39 is 22.2 Å². The molecule has 1 aromatic carbocycles. The van der Waals surface area contributed by atoms with Crippen molar-refractivity contribution < 1.29 is 18.3 Å². The van der Waals surface area contributed by atoms with Crippen molar-refractivity contribution in [3.8, 4) is 0 Å². The molecule has 0 radical (unpaired) electrons. The molecule has 0 aliphatic rings. The van der Waals surface area contributed by atoms with E-state index in [0.29, 0.717) is 0 Å². The lowest BCUT2D eigenvalue weighted by atomic mass is 10.2. The van der Waals surface area contributed by atoms with Gasteiger partial charge in [0.1, 0.15) is 6.04 Å². The molecular formula is C12H18N2O4S. The van der Waals surface area contributed by atoms with Gasteiger partial charge in [-0.2, -0.15) is 17.4 Å². The second-order valence-electron chi connectivity index (χ2n) is 4.16. The number of benzene rings is 1. The first-order chi connectivity index (χ1) is 8.86. The fourth-order valence-electron chi connectivity index (χ4n) is 1.50. The summed E-state index contributed by atoms with van der Waals surface area (Å²) < 4.78 is 27.2. The summed E-state index contributed by atoms with van der Waals surface area (Å²) in [5.74, 6) is -1.18. The molecule has 0 aliphatic heterocycles. The maximum Gasteiger partial charge on any atom is 0.321 e. The number of aliphatic carboxylic acids is 1. The fraction of sp³-hybridized carbons (Fsp3) is 0.417. The van der Waals surface area contributed by atoms with Gasteiger partial charge in [0.2, 0.25) is 0 Å². The van der Waals surface area contributed by atoms with Crippen LogP contribution in [0.15, 0.2) is 30.3 Å². The number of nitrogens with zero attached hydrogens (tertiary/aromatic N) is 1. The van der Waals surface area contributed by atoms with Crippen LogP contribution in [0.2, 0.25) is 0 Å². The Kier molecular flexibility index (Phi) is 5.46. The van der Waals surface area contributed by atoms with Crippen LogP contribution in [0.4, 0.5) is 0 Å². The zero-order chi connectivity index (χ0) is 14.5. The van der Waals surface area contributed by atoms with Gasteiger partial charge in [-0.05, 0) is 12.0 Å². The molecule has 1 atom stereocenters. The summed E-state index contributed by atoms with van der Waals surface area (Å²) >= 11 is 0. The number of nitrogens with one attached hydrogen (secondary N) is 1. The van der Waals surface area contributed by atoms with Crippen molar-refractivity contribution in [1.82, 2.24) is 9.03 Å². The van der Waals surface area contributed by atoms with E-state index in [1.54, 1.807) is 19.1 Å². The summed E-state index contributed by atoms with van der Waals surface area (Å²) in [6, 6.07) is 7.97. The van der Waals surface area contributed by atoms with E-state index in [2.05, 4.69) is 4.72 Å². The predicted molar refractivity (Wildman–Crippen MR) is 71.7 cm³/mol. The van der Waals surface area contributed by atoms with Crippen molar-refractivity contribution >= 4 is 16.2 Å². The predicted octanol–water partition coefficient (Wildman–Crippen LogP) is 0.816. The minimum atomic E-state index is -3.81. The fourth-order valence-corrected chi connectivity index (χ4v) is 2.63. The van der Waals surface area contributed by atoms with Gasteiger partial charge in [0.15, 0.2) is 0 Å². The SMILES string of the molecule is CC[C@H](NS(=O)(=O)N(C)Cc1ccccc1)C(=O)O. The van der Waals surface area contributed by atoms with Crippen LogP contribution in [0.25, 0.3) is 0 Å². The molecule has 0 fully saturated rings.